The number of pyridine rings is 1. The molecule has 2 bridgehead atoms. The fraction of sp³-hybridized carbons (Fsp3) is 0.647. The van der Waals surface area contributed by atoms with Crippen LogP contribution in [0.25, 0.3) is 0 Å². The zero-order chi connectivity index (χ0) is 14.8. The first-order valence-electron chi connectivity index (χ1n) is 8.19. The molecule has 2 fully saturated rings. The molecule has 1 aromatic rings. The van der Waals surface area contributed by atoms with E-state index in [4.69, 9.17) is 0 Å². The Labute approximate surface area is 126 Å². The van der Waals surface area contributed by atoms with Crippen molar-refractivity contribution in [1.82, 2.24) is 10.3 Å². The summed E-state index contributed by atoms with van der Waals surface area (Å²) < 4.78 is 0. The number of hydrogen-bond acceptors (Lipinski definition) is 3. The summed E-state index contributed by atoms with van der Waals surface area (Å²) in [7, 11) is 0. The van der Waals surface area contributed by atoms with E-state index < -0.39 is 0 Å². The maximum Gasteiger partial charge on any atom is 0.251 e. The Balaban J connectivity index is 1.67. The van der Waals surface area contributed by atoms with Crippen molar-refractivity contribution in [3.05, 3.63) is 23.4 Å². The van der Waals surface area contributed by atoms with Gasteiger partial charge in [0.2, 0.25) is 0 Å². The average molecular weight is 287 g/mol. The minimum Gasteiger partial charge on any atom is -0.370 e. The number of carbonyl (C=O) groups excluding carboxylic acids is 1. The number of aryl methyl sites for hydroxylation is 1. The Morgan fingerprint density at radius 2 is 2.19 bits per heavy atom. The Morgan fingerprint density at radius 1 is 1.33 bits per heavy atom. The smallest absolute Gasteiger partial charge is 0.251 e. The maximum atomic E-state index is 12.5. The molecule has 4 nitrogen and oxygen atoms in total. The molecule has 2 saturated carbocycles. The van der Waals surface area contributed by atoms with Crippen molar-refractivity contribution in [3.63, 3.8) is 0 Å². The van der Waals surface area contributed by atoms with E-state index in [9.17, 15) is 4.79 Å². The molecule has 21 heavy (non-hydrogen) atoms. The molecule has 0 aliphatic heterocycles. The zero-order valence-electron chi connectivity index (χ0n) is 13.0. The monoisotopic (exact) mass is 287 g/mol. The van der Waals surface area contributed by atoms with Crippen LogP contribution in [0, 0.1) is 18.8 Å². The van der Waals surface area contributed by atoms with Gasteiger partial charge >= 0.3 is 0 Å². The minimum absolute atomic E-state index is 0.0533. The largest absolute Gasteiger partial charge is 0.370 e. The van der Waals surface area contributed by atoms with E-state index in [1.165, 1.54) is 25.7 Å². The molecule has 1 aromatic heterocycles. The number of aromatic nitrogens is 1. The van der Waals surface area contributed by atoms with Gasteiger partial charge in [-0.2, -0.15) is 0 Å². The Morgan fingerprint density at radius 3 is 2.86 bits per heavy atom. The van der Waals surface area contributed by atoms with Gasteiger partial charge in [0.15, 0.2) is 0 Å². The highest BCUT2D eigenvalue weighted by Crippen LogP contribution is 2.44. The minimum atomic E-state index is 0.0533. The molecule has 0 saturated heterocycles. The number of rotatable bonds is 5. The van der Waals surface area contributed by atoms with Crippen LogP contribution in [0.1, 0.15) is 55.1 Å². The predicted molar refractivity (Wildman–Crippen MR) is 84.5 cm³/mol. The average Bonchev–Trinajstić information content (AvgIpc) is 3.07. The van der Waals surface area contributed by atoms with Crippen molar-refractivity contribution in [3.8, 4) is 0 Å². The molecule has 3 atom stereocenters. The number of amides is 1. The zero-order valence-corrected chi connectivity index (χ0v) is 13.0. The number of fused-ring (bicyclic) bond motifs is 2. The molecule has 3 unspecified atom stereocenters. The van der Waals surface area contributed by atoms with Gasteiger partial charge in [0, 0.05) is 23.8 Å². The number of carbonyl (C=O) groups is 1. The molecule has 0 radical (unpaired) electrons. The van der Waals surface area contributed by atoms with Crippen LogP contribution in [0.2, 0.25) is 0 Å². The summed E-state index contributed by atoms with van der Waals surface area (Å²) in [6.07, 6.45) is 6.16. The van der Waals surface area contributed by atoms with Crippen LogP contribution < -0.4 is 10.6 Å². The number of nitrogens with zero attached hydrogens (tertiary/aromatic N) is 1. The third-order valence-corrected chi connectivity index (χ3v) is 4.83. The molecule has 0 spiro atoms. The van der Waals surface area contributed by atoms with E-state index in [0.717, 1.165) is 36.0 Å². The quantitative estimate of drug-likeness (QED) is 0.875. The summed E-state index contributed by atoms with van der Waals surface area (Å²) in [5.41, 5.74) is 1.61. The summed E-state index contributed by atoms with van der Waals surface area (Å²) >= 11 is 0. The Kier molecular flexibility index (Phi) is 4.13. The molecule has 1 heterocycles. The van der Waals surface area contributed by atoms with Crippen LogP contribution >= 0.6 is 0 Å². The molecule has 4 heteroatoms. The summed E-state index contributed by atoms with van der Waals surface area (Å²) in [5.74, 6) is 2.41. The SMILES string of the molecule is CCCNc1cc(C(=O)NC2CC3CCC2C3)cc(C)n1. The highest BCUT2D eigenvalue weighted by molar-refractivity contribution is 5.95. The topological polar surface area (TPSA) is 54.0 Å². The highest BCUT2D eigenvalue weighted by Gasteiger charge is 2.40. The van der Waals surface area contributed by atoms with E-state index in [0.29, 0.717) is 12.0 Å². The van der Waals surface area contributed by atoms with Gasteiger partial charge < -0.3 is 10.6 Å². The summed E-state index contributed by atoms with van der Waals surface area (Å²) in [5, 5.41) is 6.50. The van der Waals surface area contributed by atoms with Gasteiger partial charge in [0.1, 0.15) is 5.82 Å². The van der Waals surface area contributed by atoms with Gasteiger partial charge in [0.05, 0.1) is 0 Å². The third kappa shape index (κ3) is 3.20. The van der Waals surface area contributed by atoms with E-state index >= 15 is 0 Å². The van der Waals surface area contributed by atoms with E-state index in [1.807, 2.05) is 19.1 Å². The molecule has 2 N–H and O–H groups in total. The fourth-order valence-corrected chi connectivity index (χ4v) is 3.82. The number of nitrogens with one attached hydrogen (secondary N) is 2. The van der Waals surface area contributed by atoms with Crippen LogP contribution in [0.5, 0.6) is 0 Å². The van der Waals surface area contributed by atoms with Crippen molar-refractivity contribution >= 4 is 11.7 Å². The maximum absolute atomic E-state index is 12.5. The standard InChI is InChI=1S/C17H25N3O/c1-3-6-18-16-10-14(7-11(2)19-16)17(21)20-15-9-12-4-5-13(15)8-12/h7,10,12-13,15H,3-6,8-9H2,1-2H3,(H,18,19)(H,20,21). The highest BCUT2D eigenvalue weighted by atomic mass is 16.1. The normalized spacial score (nSPS) is 26.9. The van der Waals surface area contributed by atoms with Gasteiger partial charge in [-0.15, -0.1) is 0 Å². The van der Waals surface area contributed by atoms with Crippen LogP contribution in [0.3, 0.4) is 0 Å². The Hall–Kier alpha value is -1.58. The predicted octanol–water partition coefficient (Wildman–Crippen LogP) is 3.13. The molecule has 3 rings (SSSR count). The number of hydrogen-bond donors (Lipinski definition) is 2. The van der Waals surface area contributed by atoms with Gasteiger partial charge in [-0.1, -0.05) is 13.3 Å². The second-order valence-electron chi connectivity index (χ2n) is 6.56. The molecule has 2 aliphatic rings. The first-order chi connectivity index (χ1) is 10.2. The van der Waals surface area contributed by atoms with Crippen LogP contribution in [-0.2, 0) is 0 Å². The molecule has 2 aliphatic carbocycles. The second-order valence-corrected chi connectivity index (χ2v) is 6.56. The molecular weight excluding hydrogens is 262 g/mol. The van der Waals surface area contributed by atoms with E-state index in [1.54, 1.807) is 0 Å². The van der Waals surface area contributed by atoms with Gasteiger partial charge in [-0.25, -0.2) is 4.98 Å². The lowest BCUT2D eigenvalue weighted by Crippen LogP contribution is -2.38. The molecule has 0 aromatic carbocycles. The summed E-state index contributed by atoms with van der Waals surface area (Å²) in [6.45, 7) is 4.93. The van der Waals surface area contributed by atoms with Gasteiger partial charge in [-0.3, -0.25) is 4.79 Å². The fourth-order valence-electron chi connectivity index (χ4n) is 3.82. The Bertz CT molecular complexity index is 529. The van der Waals surface area contributed by atoms with Crippen molar-refractivity contribution < 1.29 is 4.79 Å². The van der Waals surface area contributed by atoms with Gasteiger partial charge in [-0.05, 0) is 56.6 Å². The lowest BCUT2D eigenvalue weighted by atomic mass is 9.95. The van der Waals surface area contributed by atoms with Crippen molar-refractivity contribution in [2.24, 2.45) is 11.8 Å². The molecule has 1 amide bonds. The van der Waals surface area contributed by atoms with Crippen molar-refractivity contribution in [1.29, 1.82) is 0 Å². The van der Waals surface area contributed by atoms with Crippen molar-refractivity contribution in [2.45, 2.75) is 52.0 Å². The number of anilines is 1. The van der Waals surface area contributed by atoms with Crippen LogP contribution in [0.15, 0.2) is 12.1 Å². The first-order valence-corrected chi connectivity index (χ1v) is 8.19. The van der Waals surface area contributed by atoms with Crippen LogP contribution in [-0.4, -0.2) is 23.5 Å². The summed E-state index contributed by atoms with van der Waals surface area (Å²) in [6, 6.07) is 4.13. The molecular formula is C17H25N3O. The van der Waals surface area contributed by atoms with E-state index in [2.05, 4.69) is 22.5 Å². The van der Waals surface area contributed by atoms with Crippen molar-refractivity contribution in [2.75, 3.05) is 11.9 Å². The first kappa shape index (κ1) is 14.4. The lowest BCUT2D eigenvalue weighted by Gasteiger charge is -2.23. The van der Waals surface area contributed by atoms with Gasteiger partial charge in [0.25, 0.3) is 5.91 Å². The summed E-state index contributed by atoms with van der Waals surface area (Å²) in [4.78, 5) is 16.9. The second kappa shape index (κ2) is 6.04. The van der Waals surface area contributed by atoms with Crippen LogP contribution in [0.4, 0.5) is 5.82 Å². The molecule has 114 valence electrons. The lowest BCUT2D eigenvalue weighted by molar-refractivity contribution is 0.0922. The van der Waals surface area contributed by atoms with E-state index in [-0.39, 0.29) is 5.91 Å². The third-order valence-electron chi connectivity index (χ3n) is 4.83.